The molecule has 0 nitrogen and oxygen atoms in total. The van der Waals surface area contributed by atoms with Crippen molar-refractivity contribution in [1.82, 2.24) is 0 Å². The molecule has 0 unspecified atom stereocenters. The summed E-state index contributed by atoms with van der Waals surface area (Å²) in [5.74, 6) is 0. The summed E-state index contributed by atoms with van der Waals surface area (Å²) >= 11 is 0. The van der Waals surface area contributed by atoms with Crippen molar-refractivity contribution in [2.24, 2.45) is 0 Å². The Bertz CT molecular complexity index is 8.00. The minimum atomic E-state index is 0. The van der Waals surface area contributed by atoms with Gasteiger partial charge in [-0.05, 0) is 0 Å². The van der Waals surface area contributed by atoms with E-state index in [2.05, 4.69) is 0 Å². The molecule has 0 fully saturated rings. The zero-order chi connectivity index (χ0) is 0. The first-order valence-electron chi connectivity index (χ1n) is 0. The standard InChI is InChI=1S/Ag.In.Mo.Sn.7H. The third-order valence-corrected chi connectivity index (χ3v) is 0. The monoisotopic (exact) mass is 447 g/mol. The summed E-state index contributed by atoms with van der Waals surface area (Å²) in [6.07, 6.45) is 0. The van der Waals surface area contributed by atoms with Crippen molar-refractivity contribution in [2.45, 2.75) is 0 Å². The Morgan fingerprint density at radius 3 is 1.00 bits per heavy atom. The summed E-state index contributed by atoms with van der Waals surface area (Å²) < 4.78 is 0. The second-order valence-electron chi connectivity index (χ2n) is 0. The molecule has 0 bridgehead atoms. The van der Waals surface area contributed by atoms with Gasteiger partial charge in [0.2, 0.25) is 0 Å². The summed E-state index contributed by atoms with van der Waals surface area (Å²) in [7, 11) is 0. The fourth-order valence-corrected chi connectivity index (χ4v) is 0. The molecule has 0 amide bonds. The van der Waals surface area contributed by atoms with Crippen LogP contribution < -0.4 is 0 Å². The first-order valence-corrected chi connectivity index (χ1v) is 0. The van der Waals surface area contributed by atoms with E-state index < -0.39 is 0 Å². The van der Waals surface area contributed by atoms with Crippen LogP contribution in [0, 0.1) is 0 Å². The molecule has 1 radical (unpaired) electrons. The van der Waals surface area contributed by atoms with Gasteiger partial charge in [0.15, 0.2) is 0 Å². The molecule has 0 aromatic heterocycles. The van der Waals surface area contributed by atoms with Crippen LogP contribution in [0.25, 0.3) is 0 Å². The van der Waals surface area contributed by atoms with Gasteiger partial charge in [-0.1, -0.05) is 0 Å². The maximum atomic E-state index is 0. The fraction of sp³-hybridized carbons (Fsp3) is 0. The molecular weight excluding hydrogens is 437 g/mol. The quantitative estimate of drug-likeness (QED) is 0.359. The van der Waals surface area contributed by atoms with Crippen LogP contribution >= 0.6 is 0 Å². The van der Waals surface area contributed by atoms with E-state index >= 15 is 0 Å². The first-order chi connectivity index (χ1) is 0. The van der Waals surface area contributed by atoms with E-state index in [4.69, 9.17) is 0 Å². The van der Waals surface area contributed by atoms with Crippen LogP contribution in [0.15, 0.2) is 0 Å². The Kier molecular flexibility index (Phi) is 114. The van der Waals surface area contributed by atoms with Gasteiger partial charge in [-0.25, -0.2) is 0 Å². The van der Waals surface area contributed by atoms with Crippen LogP contribution in [-0.2, 0) is 43.4 Å². The van der Waals surface area contributed by atoms with E-state index in [9.17, 15) is 0 Å². The average Bonchev–Trinajstić information content (AvgIpc) is 0. The van der Waals surface area contributed by atoms with Crippen LogP contribution in [-0.4, -0.2) is 49.8 Å². The van der Waals surface area contributed by atoms with Gasteiger partial charge in [-0.15, -0.1) is 0 Å². The Balaban J connectivity index is 0. The molecule has 0 saturated carbocycles. The van der Waals surface area contributed by atoms with Crippen LogP contribution in [0.2, 0.25) is 0 Å². The molecule has 0 rings (SSSR count). The molecule has 4 heavy (non-hydrogen) atoms. The van der Waals surface area contributed by atoms with E-state index in [1.807, 2.05) is 0 Å². The first kappa shape index (κ1) is 27.5. The van der Waals surface area contributed by atoms with Crippen molar-refractivity contribution in [1.29, 1.82) is 0 Å². The molecular formula is H7AgInMoSn. The molecule has 0 aliphatic heterocycles. The van der Waals surface area contributed by atoms with Crippen molar-refractivity contribution >= 4 is 49.8 Å². The van der Waals surface area contributed by atoms with Gasteiger partial charge in [0.25, 0.3) is 0 Å². The zero-order valence-electron chi connectivity index (χ0n) is 0.710. The molecule has 0 spiro atoms. The van der Waals surface area contributed by atoms with Gasteiger partial charge in [-0.2, -0.15) is 0 Å². The molecule has 0 saturated heterocycles. The third kappa shape index (κ3) is 8.92. The SMILES string of the molecule is [Ag].[InH3].[Mo].[SnH4]. The Labute approximate surface area is 91.4 Å². The number of rotatable bonds is 0. The van der Waals surface area contributed by atoms with Gasteiger partial charge in [0.05, 0.1) is 0 Å². The van der Waals surface area contributed by atoms with Crippen molar-refractivity contribution < 1.29 is 43.4 Å². The van der Waals surface area contributed by atoms with E-state index in [0.717, 1.165) is 0 Å². The second kappa shape index (κ2) is 16.5. The molecule has 0 heterocycles. The topological polar surface area (TPSA) is 0 Å². The molecule has 0 aromatic rings. The summed E-state index contributed by atoms with van der Waals surface area (Å²) in [4.78, 5) is 0. The molecule has 0 aromatic carbocycles. The van der Waals surface area contributed by atoms with Gasteiger partial charge >= 0.3 is 49.8 Å². The van der Waals surface area contributed by atoms with Crippen molar-refractivity contribution in [3.63, 3.8) is 0 Å². The predicted octanol–water partition coefficient (Wildman–Crippen LogP) is -2.64. The van der Waals surface area contributed by atoms with E-state index in [0.29, 0.717) is 0 Å². The van der Waals surface area contributed by atoms with Crippen molar-refractivity contribution in [3.05, 3.63) is 0 Å². The van der Waals surface area contributed by atoms with Gasteiger partial charge in [0, 0.05) is 43.4 Å². The van der Waals surface area contributed by atoms with Crippen molar-refractivity contribution in [3.8, 4) is 0 Å². The minimum absolute atomic E-state index is 0. The van der Waals surface area contributed by atoms with Crippen LogP contribution in [0.4, 0.5) is 0 Å². The predicted molar refractivity (Wildman–Crippen MR) is 21.3 cm³/mol. The number of hydrogen-bond donors (Lipinski definition) is 0. The second-order valence-corrected chi connectivity index (χ2v) is 0. The van der Waals surface area contributed by atoms with Gasteiger partial charge in [-0.3, -0.25) is 0 Å². The maximum absolute atomic E-state index is 0. The zero-order valence-corrected chi connectivity index (χ0v) is 4.20. The summed E-state index contributed by atoms with van der Waals surface area (Å²) in [6, 6.07) is 0. The van der Waals surface area contributed by atoms with Gasteiger partial charge in [0.1, 0.15) is 0 Å². The molecule has 0 N–H and O–H groups in total. The molecule has 0 aliphatic carbocycles. The van der Waals surface area contributed by atoms with E-state index in [-0.39, 0.29) is 93.2 Å². The van der Waals surface area contributed by atoms with Crippen LogP contribution in [0.1, 0.15) is 0 Å². The molecule has 0 aliphatic rings. The van der Waals surface area contributed by atoms with Gasteiger partial charge < -0.3 is 0 Å². The van der Waals surface area contributed by atoms with Crippen LogP contribution in [0.3, 0.4) is 0 Å². The molecule has 0 atom stereocenters. The normalized spacial score (nSPS) is 0. The third-order valence-electron chi connectivity index (χ3n) is 0. The summed E-state index contributed by atoms with van der Waals surface area (Å²) in [6.45, 7) is 0. The molecule has 31 valence electrons. The summed E-state index contributed by atoms with van der Waals surface area (Å²) in [5, 5.41) is 0. The Hall–Kier alpha value is 3.10. The number of hydrogen-bond acceptors (Lipinski definition) is 0. The Morgan fingerprint density at radius 2 is 1.00 bits per heavy atom. The Morgan fingerprint density at radius 1 is 1.00 bits per heavy atom. The van der Waals surface area contributed by atoms with E-state index in [1.165, 1.54) is 0 Å². The molecule has 4 heteroatoms. The average molecular weight is 444 g/mol. The fourth-order valence-electron chi connectivity index (χ4n) is 0. The summed E-state index contributed by atoms with van der Waals surface area (Å²) in [5.41, 5.74) is 0. The van der Waals surface area contributed by atoms with Crippen molar-refractivity contribution in [2.75, 3.05) is 0 Å². The van der Waals surface area contributed by atoms with E-state index in [1.54, 1.807) is 0 Å². The van der Waals surface area contributed by atoms with Crippen LogP contribution in [0.5, 0.6) is 0 Å².